The number of hydrogen-bond donors (Lipinski definition) is 1. The molecular weight excluding hydrogens is 354 g/mol. The van der Waals surface area contributed by atoms with Gasteiger partial charge in [-0.25, -0.2) is 0 Å². The van der Waals surface area contributed by atoms with Crippen LogP contribution in [0.25, 0.3) is 0 Å². The summed E-state index contributed by atoms with van der Waals surface area (Å²) < 4.78 is 5.31. The van der Waals surface area contributed by atoms with Crippen LogP contribution in [0.1, 0.15) is 35.2 Å². The van der Waals surface area contributed by atoms with Gasteiger partial charge in [0.05, 0.1) is 7.11 Å². The van der Waals surface area contributed by atoms with Gasteiger partial charge in [-0.15, -0.1) is 12.4 Å². The molecule has 2 aliphatic rings. The molecule has 2 fully saturated rings. The number of ether oxygens (including phenoxy) is 1. The van der Waals surface area contributed by atoms with E-state index in [0.29, 0.717) is 44.2 Å². The predicted molar refractivity (Wildman–Crippen MR) is 103 cm³/mol. The summed E-state index contributed by atoms with van der Waals surface area (Å²) in [7, 11) is 1.61. The number of halogens is 1. The molecule has 1 aromatic carbocycles. The summed E-state index contributed by atoms with van der Waals surface area (Å²) in [6.07, 6.45) is 2.81. The Hall–Kier alpha value is -1.79. The Morgan fingerprint density at radius 1 is 1.19 bits per heavy atom. The number of aryl methyl sites for hydroxylation is 1. The molecule has 0 spiro atoms. The van der Waals surface area contributed by atoms with Gasteiger partial charge >= 0.3 is 0 Å². The zero-order valence-electron chi connectivity index (χ0n) is 15.5. The first kappa shape index (κ1) is 20.5. The Kier molecular flexibility index (Phi) is 7.29. The molecule has 0 aromatic heterocycles. The van der Waals surface area contributed by atoms with Crippen molar-refractivity contribution in [2.24, 2.45) is 0 Å². The first-order chi connectivity index (χ1) is 12.1. The third-order valence-electron chi connectivity index (χ3n) is 5.16. The topological polar surface area (TPSA) is 61.9 Å². The molecule has 0 radical (unpaired) electrons. The van der Waals surface area contributed by atoms with E-state index in [4.69, 9.17) is 4.74 Å². The Morgan fingerprint density at radius 2 is 1.88 bits per heavy atom. The first-order valence-electron chi connectivity index (χ1n) is 9.03. The highest BCUT2D eigenvalue weighted by Crippen LogP contribution is 2.20. The van der Waals surface area contributed by atoms with Crippen LogP contribution >= 0.6 is 12.4 Å². The molecule has 1 atom stereocenters. The maximum atomic E-state index is 12.7. The van der Waals surface area contributed by atoms with E-state index >= 15 is 0 Å². The minimum atomic E-state index is 0. The summed E-state index contributed by atoms with van der Waals surface area (Å²) in [5.74, 6) is 0.926. The summed E-state index contributed by atoms with van der Waals surface area (Å²) >= 11 is 0. The molecule has 144 valence electrons. The van der Waals surface area contributed by atoms with E-state index in [-0.39, 0.29) is 24.2 Å². The van der Waals surface area contributed by atoms with Crippen LogP contribution < -0.4 is 10.1 Å². The van der Waals surface area contributed by atoms with Gasteiger partial charge in [-0.3, -0.25) is 9.59 Å². The van der Waals surface area contributed by atoms with Crippen molar-refractivity contribution in [2.75, 3.05) is 39.8 Å². The van der Waals surface area contributed by atoms with Gasteiger partial charge in [0.25, 0.3) is 5.91 Å². The van der Waals surface area contributed by atoms with Gasteiger partial charge in [0, 0.05) is 44.2 Å². The Balaban J connectivity index is 0.00000243. The minimum absolute atomic E-state index is 0. The number of benzene rings is 1. The van der Waals surface area contributed by atoms with Gasteiger partial charge in [-0.05, 0) is 44.0 Å². The molecule has 0 aliphatic carbocycles. The second-order valence-electron chi connectivity index (χ2n) is 6.85. The molecule has 2 saturated heterocycles. The van der Waals surface area contributed by atoms with Crippen molar-refractivity contribution in [3.8, 4) is 5.75 Å². The standard InChI is InChI=1S/C19H27N3O3.ClH/c1-14-5-6-15(12-17(14)25-2)19(24)22-10-8-21(9-11-22)18(23)13-16-4-3-7-20-16;/h5-6,12,16,20H,3-4,7-11,13H2,1-2H3;1H. The van der Waals surface area contributed by atoms with Crippen LogP contribution in [0, 0.1) is 6.92 Å². The largest absolute Gasteiger partial charge is 0.496 e. The van der Waals surface area contributed by atoms with Crippen LogP contribution in [0.3, 0.4) is 0 Å². The van der Waals surface area contributed by atoms with Gasteiger partial charge in [-0.1, -0.05) is 6.07 Å². The molecule has 7 heteroatoms. The first-order valence-corrected chi connectivity index (χ1v) is 9.03. The van der Waals surface area contributed by atoms with Crippen molar-refractivity contribution in [2.45, 2.75) is 32.2 Å². The second kappa shape index (κ2) is 9.24. The SMILES string of the molecule is COc1cc(C(=O)N2CCN(C(=O)CC3CCCN3)CC2)ccc1C.Cl. The monoisotopic (exact) mass is 381 g/mol. The highest BCUT2D eigenvalue weighted by atomic mass is 35.5. The molecule has 6 nitrogen and oxygen atoms in total. The second-order valence-corrected chi connectivity index (χ2v) is 6.85. The molecule has 2 aliphatic heterocycles. The number of carbonyl (C=O) groups excluding carboxylic acids is 2. The summed E-state index contributed by atoms with van der Waals surface area (Å²) in [6.45, 7) is 5.36. The fraction of sp³-hybridized carbons (Fsp3) is 0.579. The number of nitrogens with zero attached hydrogens (tertiary/aromatic N) is 2. The van der Waals surface area contributed by atoms with E-state index in [9.17, 15) is 9.59 Å². The van der Waals surface area contributed by atoms with E-state index in [1.807, 2.05) is 28.9 Å². The predicted octanol–water partition coefficient (Wildman–Crippen LogP) is 1.85. The minimum Gasteiger partial charge on any atom is -0.496 e. The maximum absolute atomic E-state index is 12.7. The van der Waals surface area contributed by atoms with E-state index in [1.165, 1.54) is 0 Å². The number of carbonyl (C=O) groups is 2. The normalized spacial score (nSPS) is 19.8. The fourth-order valence-corrected chi connectivity index (χ4v) is 3.57. The number of nitrogens with one attached hydrogen (secondary N) is 1. The van der Waals surface area contributed by atoms with Crippen LogP contribution in [0.15, 0.2) is 18.2 Å². The van der Waals surface area contributed by atoms with E-state index < -0.39 is 0 Å². The van der Waals surface area contributed by atoms with Gasteiger partial charge in [0.2, 0.25) is 5.91 Å². The van der Waals surface area contributed by atoms with Crippen LogP contribution in [-0.2, 0) is 4.79 Å². The van der Waals surface area contributed by atoms with Crippen molar-refractivity contribution >= 4 is 24.2 Å². The molecular formula is C19H28ClN3O3. The lowest BCUT2D eigenvalue weighted by Gasteiger charge is -2.35. The van der Waals surface area contributed by atoms with Gasteiger partial charge in [-0.2, -0.15) is 0 Å². The van der Waals surface area contributed by atoms with Gasteiger partial charge in [0.1, 0.15) is 5.75 Å². The molecule has 26 heavy (non-hydrogen) atoms. The van der Waals surface area contributed by atoms with Crippen molar-refractivity contribution < 1.29 is 14.3 Å². The third-order valence-corrected chi connectivity index (χ3v) is 5.16. The average Bonchev–Trinajstić information content (AvgIpc) is 3.14. The van der Waals surface area contributed by atoms with Crippen molar-refractivity contribution in [3.63, 3.8) is 0 Å². The third kappa shape index (κ3) is 4.68. The highest BCUT2D eigenvalue weighted by molar-refractivity contribution is 5.95. The summed E-state index contributed by atoms with van der Waals surface area (Å²) in [5.41, 5.74) is 1.65. The van der Waals surface area contributed by atoms with Crippen molar-refractivity contribution in [1.82, 2.24) is 15.1 Å². The van der Waals surface area contributed by atoms with Crippen molar-refractivity contribution in [1.29, 1.82) is 0 Å². The van der Waals surface area contributed by atoms with Gasteiger partial charge < -0.3 is 19.9 Å². The van der Waals surface area contributed by atoms with E-state index in [2.05, 4.69) is 5.32 Å². The average molecular weight is 382 g/mol. The molecule has 3 rings (SSSR count). The van der Waals surface area contributed by atoms with Crippen LogP contribution in [0.2, 0.25) is 0 Å². The number of amides is 2. The maximum Gasteiger partial charge on any atom is 0.254 e. The smallest absolute Gasteiger partial charge is 0.254 e. The van der Waals surface area contributed by atoms with E-state index in [1.54, 1.807) is 13.2 Å². The number of rotatable bonds is 4. The molecule has 2 heterocycles. The fourth-order valence-electron chi connectivity index (χ4n) is 3.57. The van der Waals surface area contributed by atoms with Crippen LogP contribution in [0.4, 0.5) is 0 Å². The zero-order chi connectivity index (χ0) is 17.8. The lowest BCUT2D eigenvalue weighted by molar-refractivity contribution is -0.133. The van der Waals surface area contributed by atoms with Crippen LogP contribution in [-0.4, -0.2) is 67.5 Å². The lowest BCUT2D eigenvalue weighted by atomic mass is 10.1. The quantitative estimate of drug-likeness (QED) is 0.864. The van der Waals surface area contributed by atoms with Crippen molar-refractivity contribution in [3.05, 3.63) is 29.3 Å². The molecule has 1 N–H and O–H groups in total. The zero-order valence-corrected chi connectivity index (χ0v) is 16.3. The molecule has 1 aromatic rings. The summed E-state index contributed by atoms with van der Waals surface area (Å²) in [6, 6.07) is 5.86. The highest BCUT2D eigenvalue weighted by Gasteiger charge is 2.27. The molecule has 2 amide bonds. The molecule has 0 saturated carbocycles. The summed E-state index contributed by atoms with van der Waals surface area (Å²) in [5, 5.41) is 3.37. The number of piperazine rings is 1. The van der Waals surface area contributed by atoms with Gasteiger partial charge in [0.15, 0.2) is 0 Å². The summed E-state index contributed by atoms with van der Waals surface area (Å²) in [4.78, 5) is 28.8. The Bertz CT molecular complexity index is 639. The Morgan fingerprint density at radius 3 is 2.50 bits per heavy atom. The molecule has 1 unspecified atom stereocenters. The number of hydrogen-bond acceptors (Lipinski definition) is 4. The van der Waals surface area contributed by atoms with Crippen LogP contribution in [0.5, 0.6) is 5.75 Å². The molecule has 0 bridgehead atoms. The van der Waals surface area contributed by atoms with E-state index in [0.717, 1.165) is 30.7 Å². The number of methoxy groups -OCH3 is 1. The lowest BCUT2D eigenvalue weighted by Crippen LogP contribution is -2.51. The Labute approximate surface area is 161 Å².